The van der Waals surface area contributed by atoms with Crippen LogP contribution in [0.2, 0.25) is 5.02 Å². The monoisotopic (exact) mass is 470 g/mol. The number of amides is 1. The standard InChI is InChI=1S/C23H19ClN2O7/c1-14(22(27)25-17-6-4-3-5-7-17)32-23(28)15-8-10-20(21(12-15)31-2)33-19-11-9-16(24)13-18(19)26(29)30/h3-14H,1-2H3,(H,25,27)/t14-/m0/s1. The van der Waals surface area contributed by atoms with E-state index in [1.54, 1.807) is 24.3 Å². The van der Waals surface area contributed by atoms with Crippen LogP contribution in [-0.2, 0) is 9.53 Å². The fourth-order valence-electron chi connectivity index (χ4n) is 2.76. The van der Waals surface area contributed by atoms with Crippen LogP contribution in [0.5, 0.6) is 17.2 Å². The van der Waals surface area contributed by atoms with Crippen molar-refractivity contribution in [1.82, 2.24) is 0 Å². The lowest BCUT2D eigenvalue weighted by molar-refractivity contribution is -0.385. The number of nitrogens with one attached hydrogen (secondary N) is 1. The van der Waals surface area contributed by atoms with Crippen molar-refractivity contribution in [3.8, 4) is 17.2 Å². The summed E-state index contributed by atoms with van der Waals surface area (Å²) in [7, 11) is 1.35. The Morgan fingerprint density at radius 3 is 2.36 bits per heavy atom. The number of benzene rings is 3. The number of para-hydroxylation sites is 1. The quantitative estimate of drug-likeness (QED) is 0.272. The van der Waals surface area contributed by atoms with E-state index in [4.69, 9.17) is 25.8 Å². The molecule has 3 aromatic rings. The highest BCUT2D eigenvalue weighted by atomic mass is 35.5. The van der Waals surface area contributed by atoms with Crippen LogP contribution in [0.15, 0.2) is 66.7 Å². The van der Waals surface area contributed by atoms with Crippen molar-refractivity contribution in [3.05, 3.63) is 87.4 Å². The van der Waals surface area contributed by atoms with Gasteiger partial charge in [-0.25, -0.2) is 4.79 Å². The maximum atomic E-state index is 12.5. The first-order chi connectivity index (χ1) is 15.8. The van der Waals surface area contributed by atoms with Gasteiger partial charge < -0.3 is 19.5 Å². The summed E-state index contributed by atoms with van der Waals surface area (Å²) in [6.07, 6.45) is -1.06. The van der Waals surface area contributed by atoms with Gasteiger partial charge in [0.1, 0.15) is 0 Å². The van der Waals surface area contributed by atoms with Crippen molar-refractivity contribution in [1.29, 1.82) is 0 Å². The lowest BCUT2D eigenvalue weighted by atomic mass is 10.2. The first-order valence-corrected chi connectivity index (χ1v) is 10.0. The van der Waals surface area contributed by atoms with E-state index in [9.17, 15) is 19.7 Å². The fourth-order valence-corrected chi connectivity index (χ4v) is 2.93. The Labute approximate surface area is 194 Å². The number of methoxy groups -OCH3 is 1. The summed E-state index contributed by atoms with van der Waals surface area (Å²) in [5.74, 6) is -1.03. The molecule has 0 bridgehead atoms. The van der Waals surface area contributed by atoms with Gasteiger partial charge in [-0.05, 0) is 49.4 Å². The van der Waals surface area contributed by atoms with Crippen LogP contribution in [0.25, 0.3) is 0 Å². The molecule has 0 saturated heterocycles. The Morgan fingerprint density at radius 1 is 1.00 bits per heavy atom. The topological polar surface area (TPSA) is 117 Å². The third kappa shape index (κ3) is 5.98. The van der Waals surface area contributed by atoms with Crippen LogP contribution in [0.3, 0.4) is 0 Å². The Kier molecular flexibility index (Phi) is 7.47. The first-order valence-electron chi connectivity index (χ1n) is 9.65. The van der Waals surface area contributed by atoms with E-state index >= 15 is 0 Å². The van der Waals surface area contributed by atoms with E-state index in [1.165, 1.54) is 44.4 Å². The second kappa shape index (κ2) is 10.5. The largest absolute Gasteiger partial charge is 0.493 e. The number of nitro groups is 1. The minimum Gasteiger partial charge on any atom is -0.493 e. The van der Waals surface area contributed by atoms with E-state index in [0.29, 0.717) is 5.69 Å². The van der Waals surface area contributed by atoms with Gasteiger partial charge in [-0.1, -0.05) is 29.8 Å². The Balaban J connectivity index is 1.73. The highest BCUT2D eigenvalue weighted by molar-refractivity contribution is 6.30. The van der Waals surface area contributed by atoms with Crippen LogP contribution in [0, 0.1) is 10.1 Å². The number of carbonyl (C=O) groups is 2. The summed E-state index contributed by atoms with van der Waals surface area (Å²) < 4.78 is 16.1. The highest BCUT2D eigenvalue weighted by Crippen LogP contribution is 2.38. The minimum atomic E-state index is -1.06. The zero-order chi connectivity index (χ0) is 24.0. The molecule has 0 aromatic heterocycles. The van der Waals surface area contributed by atoms with E-state index in [1.807, 2.05) is 6.07 Å². The summed E-state index contributed by atoms with van der Waals surface area (Å²) in [6.45, 7) is 1.45. The zero-order valence-electron chi connectivity index (χ0n) is 17.6. The van der Waals surface area contributed by atoms with Crippen LogP contribution in [0.4, 0.5) is 11.4 Å². The molecule has 33 heavy (non-hydrogen) atoms. The third-order valence-corrected chi connectivity index (χ3v) is 4.67. The number of halogens is 1. The molecule has 0 fully saturated rings. The summed E-state index contributed by atoms with van der Waals surface area (Å²) in [5.41, 5.74) is 0.348. The van der Waals surface area contributed by atoms with Crippen LogP contribution >= 0.6 is 11.6 Å². The molecular weight excluding hydrogens is 452 g/mol. The van der Waals surface area contributed by atoms with Crippen LogP contribution in [-0.4, -0.2) is 30.0 Å². The van der Waals surface area contributed by atoms with Crippen LogP contribution < -0.4 is 14.8 Å². The van der Waals surface area contributed by atoms with Crippen molar-refractivity contribution >= 4 is 34.9 Å². The van der Waals surface area contributed by atoms with Gasteiger partial charge >= 0.3 is 11.7 Å². The molecule has 170 valence electrons. The average molecular weight is 471 g/mol. The minimum absolute atomic E-state index is 0.0516. The van der Waals surface area contributed by atoms with Gasteiger partial charge in [0.15, 0.2) is 17.6 Å². The van der Waals surface area contributed by atoms with Gasteiger partial charge in [-0.3, -0.25) is 14.9 Å². The van der Waals surface area contributed by atoms with Gasteiger partial charge in [0.05, 0.1) is 17.6 Å². The second-order valence-electron chi connectivity index (χ2n) is 6.74. The normalized spacial score (nSPS) is 11.2. The van der Waals surface area contributed by atoms with Gasteiger partial charge in [0.2, 0.25) is 5.75 Å². The molecule has 1 atom stereocenters. The van der Waals surface area contributed by atoms with E-state index in [-0.39, 0.29) is 33.5 Å². The predicted molar refractivity (Wildman–Crippen MR) is 121 cm³/mol. The number of esters is 1. The number of anilines is 1. The van der Waals surface area contributed by atoms with E-state index < -0.39 is 22.9 Å². The van der Waals surface area contributed by atoms with E-state index in [2.05, 4.69) is 5.32 Å². The first kappa shape index (κ1) is 23.6. The number of nitrogens with zero attached hydrogens (tertiary/aromatic N) is 1. The molecule has 3 rings (SSSR count). The number of nitro benzene ring substituents is 1. The molecule has 1 N–H and O–H groups in total. The Bertz CT molecular complexity index is 1180. The van der Waals surface area contributed by atoms with Crippen molar-refractivity contribution in [2.45, 2.75) is 13.0 Å². The average Bonchev–Trinajstić information content (AvgIpc) is 2.80. The van der Waals surface area contributed by atoms with E-state index in [0.717, 1.165) is 6.07 Å². The molecule has 0 saturated carbocycles. The molecule has 1 amide bonds. The maximum absolute atomic E-state index is 12.5. The Hall–Kier alpha value is -4.11. The Morgan fingerprint density at radius 2 is 1.70 bits per heavy atom. The second-order valence-corrected chi connectivity index (χ2v) is 7.18. The number of rotatable bonds is 8. The maximum Gasteiger partial charge on any atom is 0.339 e. The summed E-state index contributed by atoms with van der Waals surface area (Å²) in [6, 6.07) is 16.9. The summed E-state index contributed by atoms with van der Waals surface area (Å²) >= 11 is 5.82. The molecular formula is C23H19ClN2O7. The van der Waals surface area contributed by atoms with Gasteiger partial charge in [0.25, 0.3) is 5.91 Å². The fraction of sp³-hybridized carbons (Fsp3) is 0.130. The molecule has 0 aliphatic carbocycles. The van der Waals surface area contributed by atoms with Crippen molar-refractivity contribution in [3.63, 3.8) is 0 Å². The zero-order valence-corrected chi connectivity index (χ0v) is 18.4. The van der Waals surface area contributed by atoms with Crippen molar-refractivity contribution < 1.29 is 28.7 Å². The molecule has 0 aliphatic rings. The number of hydrogen-bond donors (Lipinski definition) is 1. The van der Waals surface area contributed by atoms with Gasteiger partial charge in [-0.15, -0.1) is 0 Å². The summed E-state index contributed by atoms with van der Waals surface area (Å²) in [5, 5.41) is 14.1. The lowest BCUT2D eigenvalue weighted by Crippen LogP contribution is -2.30. The SMILES string of the molecule is COc1cc(C(=O)O[C@@H](C)C(=O)Nc2ccccc2)ccc1Oc1ccc(Cl)cc1[N+](=O)[O-]. The number of hydrogen-bond acceptors (Lipinski definition) is 7. The lowest BCUT2D eigenvalue weighted by Gasteiger charge is -2.15. The molecule has 10 heteroatoms. The van der Waals surface area contributed by atoms with Gasteiger partial charge in [0, 0.05) is 16.8 Å². The molecule has 0 heterocycles. The van der Waals surface area contributed by atoms with Gasteiger partial charge in [-0.2, -0.15) is 0 Å². The van der Waals surface area contributed by atoms with Crippen LogP contribution in [0.1, 0.15) is 17.3 Å². The third-order valence-electron chi connectivity index (χ3n) is 4.43. The molecule has 9 nitrogen and oxygen atoms in total. The molecule has 0 unspecified atom stereocenters. The number of ether oxygens (including phenoxy) is 3. The molecule has 3 aromatic carbocycles. The highest BCUT2D eigenvalue weighted by Gasteiger charge is 2.22. The summed E-state index contributed by atoms with van der Waals surface area (Å²) in [4.78, 5) is 35.5. The predicted octanol–water partition coefficient (Wildman–Crippen LogP) is 5.23. The molecule has 0 spiro atoms. The smallest absolute Gasteiger partial charge is 0.339 e. The number of carbonyl (C=O) groups excluding carboxylic acids is 2. The van der Waals surface area contributed by atoms with Crippen molar-refractivity contribution in [2.75, 3.05) is 12.4 Å². The van der Waals surface area contributed by atoms with Crippen molar-refractivity contribution in [2.24, 2.45) is 0 Å². The molecule has 0 radical (unpaired) electrons. The molecule has 0 aliphatic heterocycles.